The molecule has 1 heterocycles. The fourth-order valence-electron chi connectivity index (χ4n) is 3.93. The average molecular weight is 390 g/mol. The first-order valence-electron chi connectivity index (χ1n) is 10.7. The largest absolute Gasteiger partial charge is 0.508 e. The van der Waals surface area contributed by atoms with Gasteiger partial charge in [0.25, 0.3) is 0 Å². The first kappa shape index (κ1) is 22.7. The molecule has 0 radical (unpaired) electrons. The number of phenols is 1. The van der Waals surface area contributed by atoms with E-state index in [4.69, 9.17) is 0 Å². The van der Waals surface area contributed by atoms with Crippen molar-refractivity contribution in [2.24, 2.45) is 17.8 Å². The van der Waals surface area contributed by atoms with Crippen LogP contribution in [0.1, 0.15) is 52.7 Å². The number of hydrogen-bond acceptors (Lipinski definition) is 4. The highest BCUT2D eigenvalue weighted by molar-refractivity contribution is 5.82. The van der Waals surface area contributed by atoms with Crippen molar-refractivity contribution in [2.45, 2.75) is 66.6 Å². The second kappa shape index (κ2) is 10.3. The maximum absolute atomic E-state index is 13.0. The molecule has 1 aromatic rings. The van der Waals surface area contributed by atoms with Crippen LogP contribution < -0.4 is 10.6 Å². The number of phenolic OH excluding ortho intramolecular Hbond substituents is 1. The van der Waals surface area contributed by atoms with Gasteiger partial charge in [-0.25, -0.2) is 0 Å². The van der Waals surface area contributed by atoms with Gasteiger partial charge in [-0.15, -0.1) is 0 Å². The van der Waals surface area contributed by atoms with Crippen molar-refractivity contribution in [3.63, 3.8) is 0 Å². The lowest BCUT2D eigenvalue weighted by Crippen LogP contribution is -2.54. The van der Waals surface area contributed by atoms with Gasteiger partial charge in [-0.05, 0) is 47.4 Å². The fourth-order valence-corrected chi connectivity index (χ4v) is 3.93. The van der Waals surface area contributed by atoms with Crippen LogP contribution in [0.3, 0.4) is 0 Å². The lowest BCUT2D eigenvalue weighted by atomic mass is 9.94. The molecule has 0 unspecified atom stereocenters. The van der Waals surface area contributed by atoms with Crippen LogP contribution in [-0.4, -0.2) is 47.6 Å². The van der Waals surface area contributed by atoms with Crippen LogP contribution in [0, 0.1) is 17.8 Å². The Morgan fingerprint density at radius 1 is 1.11 bits per heavy atom. The number of benzene rings is 1. The molecular formula is C23H39N3O2. The second-order valence-corrected chi connectivity index (χ2v) is 9.46. The lowest BCUT2D eigenvalue weighted by Gasteiger charge is -2.34. The molecule has 1 amide bonds. The van der Waals surface area contributed by atoms with E-state index in [1.807, 2.05) is 6.07 Å². The Morgan fingerprint density at radius 2 is 1.75 bits per heavy atom. The van der Waals surface area contributed by atoms with Crippen molar-refractivity contribution >= 4 is 5.91 Å². The number of hydrogen-bond donors (Lipinski definition) is 3. The molecule has 1 aromatic carbocycles. The number of nitrogens with zero attached hydrogens (tertiary/aromatic N) is 1. The number of fused-ring (bicyclic) bond motifs is 1. The topological polar surface area (TPSA) is 64.6 Å². The zero-order valence-corrected chi connectivity index (χ0v) is 18.5. The Kier molecular flexibility index (Phi) is 8.32. The van der Waals surface area contributed by atoms with Crippen molar-refractivity contribution in [3.8, 4) is 5.75 Å². The van der Waals surface area contributed by atoms with Gasteiger partial charge in [0.05, 0.1) is 6.04 Å². The van der Waals surface area contributed by atoms with E-state index >= 15 is 0 Å². The van der Waals surface area contributed by atoms with Gasteiger partial charge in [0.1, 0.15) is 5.75 Å². The summed E-state index contributed by atoms with van der Waals surface area (Å²) in [7, 11) is 0. The van der Waals surface area contributed by atoms with Gasteiger partial charge < -0.3 is 20.6 Å². The lowest BCUT2D eigenvalue weighted by molar-refractivity contribution is -0.124. The predicted octanol–water partition coefficient (Wildman–Crippen LogP) is 3.16. The van der Waals surface area contributed by atoms with Crippen LogP contribution in [0.15, 0.2) is 18.2 Å². The molecular weight excluding hydrogens is 350 g/mol. The monoisotopic (exact) mass is 389 g/mol. The fraction of sp³-hybridized carbons (Fsp3) is 0.696. The highest BCUT2D eigenvalue weighted by atomic mass is 16.3. The van der Waals surface area contributed by atoms with Gasteiger partial charge in [0, 0.05) is 32.2 Å². The maximum Gasteiger partial charge on any atom is 0.237 e. The quantitative estimate of drug-likeness (QED) is 0.607. The van der Waals surface area contributed by atoms with Crippen molar-refractivity contribution in [1.29, 1.82) is 0 Å². The third-order valence-electron chi connectivity index (χ3n) is 5.30. The molecule has 28 heavy (non-hydrogen) atoms. The van der Waals surface area contributed by atoms with Gasteiger partial charge in [-0.1, -0.05) is 47.6 Å². The molecule has 3 N–H and O–H groups in total. The van der Waals surface area contributed by atoms with E-state index in [-0.39, 0.29) is 23.7 Å². The van der Waals surface area contributed by atoms with E-state index < -0.39 is 0 Å². The number of nitrogens with one attached hydrogen (secondary N) is 2. The van der Waals surface area contributed by atoms with E-state index in [1.165, 1.54) is 0 Å². The average Bonchev–Trinajstić information content (AvgIpc) is 2.59. The molecule has 0 saturated heterocycles. The Balaban J connectivity index is 2.00. The van der Waals surface area contributed by atoms with E-state index in [9.17, 15) is 9.90 Å². The molecule has 0 saturated carbocycles. The number of aromatic hydroxyl groups is 1. The summed E-state index contributed by atoms with van der Waals surface area (Å²) in [5, 5.41) is 16.3. The van der Waals surface area contributed by atoms with Crippen LogP contribution in [0.5, 0.6) is 5.75 Å². The number of carbonyl (C=O) groups is 1. The highest BCUT2D eigenvalue weighted by Gasteiger charge is 2.28. The van der Waals surface area contributed by atoms with Gasteiger partial charge in [0.15, 0.2) is 0 Å². The van der Waals surface area contributed by atoms with Gasteiger partial charge in [-0.3, -0.25) is 4.79 Å². The Hall–Kier alpha value is -1.59. The molecule has 0 aromatic heterocycles. The summed E-state index contributed by atoms with van der Waals surface area (Å²) in [6.45, 7) is 17.0. The minimum atomic E-state index is -0.220. The van der Waals surface area contributed by atoms with Crippen molar-refractivity contribution in [2.75, 3.05) is 19.6 Å². The van der Waals surface area contributed by atoms with Crippen molar-refractivity contribution < 1.29 is 9.90 Å². The first-order chi connectivity index (χ1) is 13.2. The van der Waals surface area contributed by atoms with Gasteiger partial charge in [-0.2, -0.15) is 0 Å². The normalized spacial score (nSPS) is 18.0. The second-order valence-electron chi connectivity index (χ2n) is 9.46. The predicted molar refractivity (Wildman–Crippen MR) is 115 cm³/mol. The van der Waals surface area contributed by atoms with Crippen LogP contribution in [0.4, 0.5) is 0 Å². The molecule has 0 aliphatic carbocycles. The van der Waals surface area contributed by atoms with Crippen LogP contribution in [0.2, 0.25) is 0 Å². The molecule has 0 fully saturated rings. The summed E-state index contributed by atoms with van der Waals surface area (Å²) in [6, 6.07) is 5.32. The SMILES string of the molecule is CC(C)CN(CC(C)C)C[C@@H](NC(=O)[C@H]1Cc2ccc(O)cc2CN1)C(C)C. The van der Waals surface area contributed by atoms with Crippen molar-refractivity contribution in [1.82, 2.24) is 15.5 Å². The van der Waals surface area contributed by atoms with Crippen LogP contribution >= 0.6 is 0 Å². The van der Waals surface area contributed by atoms with E-state index in [0.717, 1.165) is 30.8 Å². The summed E-state index contributed by atoms with van der Waals surface area (Å²) < 4.78 is 0. The standard InChI is InChI=1S/C23H39N3O2/c1-15(2)12-26(13-16(3)4)14-22(17(5)6)25-23(28)21-10-18-7-8-20(27)9-19(18)11-24-21/h7-9,15-17,21-22,24,27H,10-14H2,1-6H3,(H,25,28)/t21-,22-/m1/s1. The molecule has 1 aliphatic heterocycles. The maximum atomic E-state index is 13.0. The minimum absolute atomic E-state index is 0.0754. The Labute approximate surface area is 170 Å². The smallest absolute Gasteiger partial charge is 0.237 e. The van der Waals surface area contributed by atoms with Gasteiger partial charge in [0.2, 0.25) is 5.91 Å². The van der Waals surface area contributed by atoms with Crippen LogP contribution in [0.25, 0.3) is 0 Å². The molecule has 2 rings (SSSR count). The zero-order valence-electron chi connectivity index (χ0n) is 18.5. The molecule has 5 nitrogen and oxygen atoms in total. The first-order valence-corrected chi connectivity index (χ1v) is 10.7. The number of carbonyl (C=O) groups excluding carboxylic acids is 1. The van der Waals surface area contributed by atoms with E-state index in [2.05, 4.69) is 57.1 Å². The number of rotatable bonds is 9. The summed E-state index contributed by atoms with van der Waals surface area (Å²) in [4.78, 5) is 15.5. The van der Waals surface area contributed by atoms with Crippen molar-refractivity contribution in [3.05, 3.63) is 29.3 Å². The Morgan fingerprint density at radius 3 is 2.32 bits per heavy atom. The molecule has 1 aliphatic rings. The van der Waals surface area contributed by atoms with Gasteiger partial charge >= 0.3 is 0 Å². The molecule has 0 bridgehead atoms. The summed E-state index contributed by atoms with van der Waals surface area (Å²) in [5.41, 5.74) is 2.21. The number of amides is 1. The van der Waals surface area contributed by atoms with E-state index in [1.54, 1.807) is 12.1 Å². The summed E-state index contributed by atoms with van der Waals surface area (Å²) in [6.07, 6.45) is 0.661. The molecule has 5 heteroatoms. The molecule has 0 spiro atoms. The third kappa shape index (κ3) is 6.78. The highest BCUT2D eigenvalue weighted by Crippen LogP contribution is 2.22. The van der Waals surface area contributed by atoms with E-state index in [0.29, 0.717) is 30.7 Å². The zero-order chi connectivity index (χ0) is 20.8. The van der Waals surface area contributed by atoms with Crippen LogP contribution in [-0.2, 0) is 17.8 Å². The Bertz CT molecular complexity index is 633. The minimum Gasteiger partial charge on any atom is -0.508 e. The molecule has 2 atom stereocenters. The summed E-state index contributed by atoms with van der Waals surface area (Å²) >= 11 is 0. The summed E-state index contributed by atoms with van der Waals surface area (Å²) in [5.74, 6) is 1.94. The third-order valence-corrected chi connectivity index (χ3v) is 5.30. The molecule has 158 valence electrons.